The van der Waals surface area contributed by atoms with E-state index in [1.54, 1.807) is 23.5 Å². The summed E-state index contributed by atoms with van der Waals surface area (Å²) in [7, 11) is 0. The number of carbonyl (C=O) groups excluding carboxylic acids is 1. The van der Waals surface area contributed by atoms with E-state index in [2.05, 4.69) is 29.3 Å². The van der Waals surface area contributed by atoms with E-state index in [0.717, 1.165) is 19.5 Å². The number of β-amino-alcohol motifs (C(OH)–C–C–N with tert-alkyl or cyclic N) is 1. The number of aliphatic hydroxyl groups is 1. The van der Waals surface area contributed by atoms with Crippen LogP contribution < -0.4 is 5.32 Å². The molecule has 1 saturated heterocycles. The summed E-state index contributed by atoms with van der Waals surface area (Å²) in [6.07, 6.45) is 0.427. The van der Waals surface area contributed by atoms with Crippen LogP contribution >= 0.6 is 11.3 Å². The third kappa shape index (κ3) is 4.81. The fraction of sp³-hybridized carbons (Fsp3) is 0.421. The van der Waals surface area contributed by atoms with E-state index in [-0.39, 0.29) is 17.6 Å². The van der Waals surface area contributed by atoms with Crippen LogP contribution in [0.1, 0.15) is 26.5 Å². The topological polar surface area (TPSA) is 72.8 Å². The molecule has 134 valence electrons. The molecule has 0 unspecified atom stereocenters. The average molecular weight is 360 g/mol. The molecule has 3 rings (SSSR count). The maximum Gasteiger partial charge on any atom is 0.251 e. The first-order valence-electron chi connectivity index (χ1n) is 8.54. The van der Waals surface area contributed by atoms with Crippen LogP contribution in [-0.4, -0.2) is 46.8 Å². The molecule has 1 fully saturated rings. The van der Waals surface area contributed by atoms with Gasteiger partial charge in [-0.2, -0.15) is 0 Å². The number of hydrogen-bond donors (Lipinski definition) is 3. The SMILES string of the molecule is Cc1ccc(CN2CC[C@@H](CNC(=O)c3ccc(O)cc3)[C@H](O)C2)s1. The number of aliphatic hydroxyl groups excluding tert-OH is 1. The molecule has 1 amide bonds. The molecule has 0 aliphatic carbocycles. The monoisotopic (exact) mass is 360 g/mol. The zero-order valence-corrected chi connectivity index (χ0v) is 15.1. The van der Waals surface area contributed by atoms with Gasteiger partial charge < -0.3 is 15.5 Å². The van der Waals surface area contributed by atoms with Gasteiger partial charge in [-0.1, -0.05) is 0 Å². The number of nitrogens with one attached hydrogen (secondary N) is 1. The van der Waals surface area contributed by atoms with Gasteiger partial charge in [-0.15, -0.1) is 11.3 Å². The standard InChI is InChI=1S/C19H24N2O3S/c1-13-2-7-17(25-13)11-21-9-8-15(18(23)12-21)10-20-19(24)14-3-5-16(22)6-4-14/h2-7,15,18,22-23H,8-12H2,1H3,(H,20,24)/t15-,18+/m0/s1. The van der Waals surface area contributed by atoms with E-state index in [4.69, 9.17) is 0 Å². The van der Waals surface area contributed by atoms with Crippen LogP contribution in [0.25, 0.3) is 0 Å². The summed E-state index contributed by atoms with van der Waals surface area (Å²) in [4.78, 5) is 17.0. The smallest absolute Gasteiger partial charge is 0.251 e. The van der Waals surface area contributed by atoms with Crippen LogP contribution in [0.5, 0.6) is 5.75 Å². The van der Waals surface area contributed by atoms with Crippen molar-refractivity contribution in [2.45, 2.75) is 26.0 Å². The Morgan fingerprint density at radius 2 is 2.04 bits per heavy atom. The average Bonchev–Trinajstić information content (AvgIpc) is 2.99. The van der Waals surface area contributed by atoms with Crippen LogP contribution in [0.3, 0.4) is 0 Å². The quantitative estimate of drug-likeness (QED) is 0.765. The van der Waals surface area contributed by atoms with E-state index < -0.39 is 6.10 Å². The van der Waals surface area contributed by atoms with Gasteiger partial charge in [-0.05, 0) is 56.3 Å². The van der Waals surface area contributed by atoms with Crippen LogP contribution in [-0.2, 0) is 6.54 Å². The second kappa shape index (κ2) is 7.99. The van der Waals surface area contributed by atoms with E-state index in [1.165, 1.54) is 21.9 Å². The molecular formula is C19H24N2O3S. The van der Waals surface area contributed by atoms with Gasteiger partial charge in [-0.3, -0.25) is 9.69 Å². The molecule has 2 aromatic rings. The highest BCUT2D eigenvalue weighted by Gasteiger charge is 2.28. The van der Waals surface area contributed by atoms with Gasteiger partial charge >= 0.3 is 0 Å². The lowest BCUT2D eigenvalue weighted by Crippen LogP contribution is -2.47. The van der Waals surface area contributed by atoms with Crippen LogP contribution in [0.4, 0.5) is 0 Å². The highest BCUT2D eigenvalue weighted by molar-refractivity contribution is 7.11. The van der Waals surface area contributed by atoms with Crippen molar-refractivity contribution in [2.75, 3.05) is 19.6 Å². The number of nitrogens with zero attached hydrogens (tertiary/aromatic N) is 1. The Morgan fingerprint density at radius 1 is 1.28 bits per heavy atom. The molecule has 5 nitrogen and oxygen atoms in total. The summed E-state index contributed by atoms with van der Waals surface area (Å²) in [5.41, 5.74) is 0.512. The minimum atomic E-state index is -0.435. The van der Waals surface area contributed by atoms with Crippen molar-refractivity contribution in [2.24, 2.45) is 5.92 Å². The van der Waals surface area contributed by atoms with Crippen molar-refractivity contribution < 1.29 is 15.0 Å². The maximum atomic E-state index is 12.1. The molecule has 2 atom stereocenters. The molecule has 0 radical (unpaired) electrons. The highest BCUT2D eigenvalue weighted by atomic mass is 32.1. The third-order valence-corrected chi connectivity index (χ3v) is 5.62. The van der Waals surface area contributed by atoms with Crippen LogP contribution in [0, 0.1) is 12.8 Å². The predicted molar refractivity (Wildman–Crippen MR) is 98.9 cm³/mol. The molecule has 25 heavy (non-hydrogen) atoms. The number of thiophene rings is 1. The summed E-state index contributed by atoms with van der Waals surface area (Å²) in [5.74, 6) is 0.0337. The molecule has 1 aliphatic heterocycles. The number of piperidine rings is 1. The number of aromatic hydroxyl groups is 1. The van der Waals surface area contributed by atoms with Crippen LogP contribution in [0.15, 0.2) is 36.4 Å². The Kier molecular flexibility index (Phi) is 5.73. The predicted octanol–water partition coefficient (Wildman–Crippen LogP) is 2.37. The van der Waals surface area contributed by atoms with Gasteiger partial charge in [0.25, 0.3) is 5.91 Å². The van der Waals surface area contributed by atoms with Crippen molar-refractivity contribution >= 4 is 17.2 Å². The fourth-order valence-electron chi connectivity index (χ4n) is 3.16. The maximum absolute atomic E-state index is 12.1. The largest absolute Gasteiger partial charge is 0.508 e. The molecule has 1 aromatic heterocycles. The molecular weight excluding hydrogens is 336 g/mol. The van der Waals surface area contributed by atoms with Crippen molar-refractivity contribution in [1.29, 1.82) is 0 Å². The van der Waals surface area contributed by atoms with Crippen molar-refractivity contribution in [3.63, 3.8) is 0 Å². The Labute approximate surface area is 151 Å². The number of rotatable bonds is 5. The van der Waals surface area contributed by atoms with Gasteiger partial charge in [0, 0.05) is 40.9 Å². The Balaban J connectivity index is 1.46. The minimum Gasteiger partial charge on any atom is -0.508 e. The van der Waals surface area contributed by atoms with Crippen LogP contribution in [0.2, 0.25) is 0 Å². The first-order valence-corrected chi connectivity index (χ1v) is 9.36. The van der Waals surface area contributed by atoms with Crippen molar-refractivity contribution in [3.05, 3.63) is 51.7 Å². The minimum absolute atomic E-state index is 0.0717. The first kappa shape index (κ1) is 17.9. The van der Waals surface area contributed by atoms with E-state index >= 15 is 0 Å². The van der Waals surface area contributed by atoms with Crippen molar-refractivity contribution in [1.82, 2.24) is 10.2 Å². The highest BCUT2D eigenvalue weighted by Crippen LogP contribution is 2.22. The third-order valence-electron chi connectivity index (χ3n) is 4.64. The molecule has 0 spiro atoms. The lowest BCUT2D eigenvalue weighted by Gasteiger charge is -2.35. The number of aryl methyl sites for hydroxylation is 1. The fourth-order valence-corrected chi connectivity index (χ4v) is 4.09. The van der Waals surface area contributed by atoms with E-state index in [9.17, 15) is 15.0 Å². The van der Waals surface area contributed by atoms with Crippen molar-refractivity contribution in [3.8, 4) is 5.75 Å². The number of phenolic OH excluding ortho intramolecular Hbond substituents is 1. The summed E-state index contributed by atoms with van der Waals surface area (Å²) in [6, 6.07) is 10.4. The second-order valence-electron chi connectivity index (χ2n) is 6.62. The number of benzene rings is 1. The van der Waals surface area contributed by atoms with E-state index in [0.29, 0.717) is 18.7 Å². The summed E-state index contributed by atoms with van der Waals surface area (Å²) < 4.78 is 0. The van der Waals surface area contributed by atoms with Gasteiger partial charge in [0.1, 0.15) is 5.75 Å². The number of phenols is 1. The summed E-state index contributed by atoms with van der Waals surface area (Å²) in [5, 5.41) is 22.6. The van der Waals surface area contributed by atoms with Gasteiger partial charge in [-0.25, -0.2) is 0 Å². The lowest BCUT2D eigenvalue weighted by atomic mass is 9.93. The van der Waals surface area contributed by atoms with Gasteiger partial charge in [0.05, 0.1) is 6.10 Å². The molecule has 6 heteroatoms. The number of carbonyl (C=O) groups is 1. The molecule has 0 saturated carbocycles. The summed E-state index contributed by atoms with van der Waals surface area (Å²) >= 11 is 1.80. The Bertz CT molecular complexity index is 714. The van der Waals surface area contributed by atoms with Gasteiger partial charge in [0.2, 0.25) is 0 Å². The molecule has 2 heterocycles. The number of likely N-dealkylation sites (tertiary alicyclic amines) is 1. The zero-order chi connectivity index (χ0) is 17.8. The summed E-state index contributed by atoms with van der Waals surface area (Å²) in [6.45, 7) is 5.01. The number of amides is 1. The molecule has 0 bridgehead atoms. The Morgan fingerprint density at radius 3 is 2.68 bits per heavy atom. The van der Waals surface area contributed by atoms with Gasteiger partial charge in [0.15, 0.2) is 0 Å². The molecule has 1 aromatic carbocycles. The first-order chi connectivity index (χ1) is 12.0. The molecule has 3 N–H and O–H groups in total. The zero-order valence-electron chi connectivity index (χ0n) is 14.3. The second-order valence-corrected chi connectivity index (χ2v) is 7.99. The Hall–Kier alpha value is -1.89. The lowest BCUT2D eigenvalue weighted by molar-refractivity contribution is 0.0193. The van der Waals surface area contributed by atoms with E-state index in [1.807, 2.05) is 0 Å². The molecule has 1 aliphatic rings. The normalized spacial score (nSPS) is 21.2. The number of hydrogen-bond acceptors (Lipinski definition) is 5.